The van der Waals surface area contributed by atoms with E-state index in [1.54, 1.807) is 0 Å². The van der Waals surface area contributed by atoms with Crippen molar-refractivity contribution in [3.8, 4) is 11.5 Å². The zero-order valence-corrected chi connectivity index (χ0v) is 11.9. The van der Waals surface area contributed by atoms with Crippen LogP contribution in [0, 0.1) is 0 Å². The van der Waals surface area contributed by atoms with E-state index in [0.29, 0.717) is 18.2 Å². The number of rotatable bonds is 1. The Bertz CT molecular complexity index is 441. The molecule has 1 N–H and O–H groups in total. The van der Waals surface area contributed by atoms with Crippen LogP contribution in [0.4, 0.5) is 0 Å². The summed E-state index contributed by atoms with van der Waals surface area (Å²) in [4.78, 5) is 0. The Balaban J connectivity index is 1.90. The molecule has 0 spiro atoms. The number of benzene rings is 1. The highest BCUT2D eigenvalue weighted by Crippen LogP contribution is 2.43. The van der Waals surface area contributed by atoms with Crippen molar-refractivity contribution in [2.45, 2.75) is 24.8 Å². The first kappa shape index (κ1) is 11.7. The minimum Gasteiger partial charge on any atom is -0.454 e. The molecule has 0 radical (unpaired) electrons. The number of thioether (sulfide) groups is 1. The van der Waals surface area contributed by atoms with Gasteiger partial charge in [-0.15, -0.1) is 11.8 Å². The van der Waals surface area contributed by atoms with Gasteiger partial charge in [-0.05, 0) is 52.7 Å². The lowest BCUT2D eigenvalue weighted by Gasteiger charge is -2.28. The van der Waals surface area contributed by atoms with Crippen molar-refractivity contribution in [1.82, 2.24) is 5.32 Å². The Kier molecular flexibility index (Phi) is 3.23. The highest BCUT2D eigenvalue weighted by molar-refractivity contribution is 9.10. The average molecular weight is 316 g/mol. The summed E-state index contributed by atoms with van der Waals surface area (Å²) in [6.07, 6.45) is 1.23. The fourth-order valence-electron chi connectivity index (χ4n) is 2.08. The second-order valence-electron chi connectivity index (χ2n) is 4.34. The van der Waals surface area contributed by atoms with Gasteiger partial charge in [0.1, 0.15) is 0 Å². The smallest absolute Gasteiger partial charge is 0.231 e. The lowest BCUT2D eigenvalue weighted by molar-refractivity contribution is 0.173. The Morgan fingerprint density at radius 2 is 2.29 bits per heavy atom. The highest BCUT2D eigenvalue weighted by Gasteiger charge is 2.24. The molecule has 0 amide bonds. The third kappa shape index (κ3) is 2.28. The number of ether oxygens (including phenoxy) is 2. The number of halogens is 1. The van der Waals surface area contributed by atoms with Crippen LogP contribution in [0.15, 0.2) is 16.6 Å². The van der Waals surface area contributed by atoms with Gasteiger partial charge in [-0.2, -0.15) is 0 Å². The Hall–Kier alpha value is -0.390. The van der Waals surface area contributed by atoms with E-state index in [4.69, 9.17) is 9.47 Å². The van der Waals surface area contributed by atoms with Crippen LogP contribution >= 0.6 is 27.7 Å². The molecule has 2 aliphatic heterocycles. The van der Waals surface area contributed by atoms with Gasteiger partial charge in [0, 0.05) is 6.04 Å². The molecule has 3 rings (SSSR count). The fraction of sp³-hybridized carbons (Fsp3) is 0.500. The van der Waals surface area contributed by atoms with Crippen molar-refractivity contribution >= 4 is 27.7 Å². The maximum absolute atomic E-state index is 5.45. The summed E-state index contributed by atoms with van der Waals surface area (Å²) in [5.74, 6) is 2.86. The molecular weight excluding hydrogens is 302 g/mol. The molecule has 92 valence electrons. The molecule has 2 aliphatic rings. The fourth-order valence-corrected chi connectivity index (χ4v) is 4.04. The Morgan fingerprint density at radius 3 is 3.12 bits per heavy atom. The average Bonchev–Trinajstić information content (AvgIpc) is 2.77. The lowest BCUT2D eigenvalue weighted by atomic mass is 10.1. The zero-order chi connectivity index (χ0) is 11.8. The second kappa shape index (κ2) is 4.71. The van der Waals surface area contributed by atoms with Crippen molar-refractivity contribution in [2.75, 3.05) is 12.5 Å². The van der Waals surface area contributed by atoms with Gasteiger partial charge in [0.25, 0.3) is 0 Å². The third-order valence-electron chi connectivity index (χ3n) is 3.02. The maximum Gasteiger partial charge on any atom is 0.231 e. The topological polar surface area (TPSA) is 30.5 Å². The Labute approximate surface area is 113 Å². The lowest BCUT2D eigenvalue weighted by Crippen LogP contribution is -2.33. The van der Waals surface area contributed by atoms with E-state index in [2.05, 4.69) is 40.3 Å². The van der Waals surface area contributed by atoms with Gasteiger partial charge in [-0.3, -0.25) is 5.32 Å². The van der Waals surface area contributed by atoms with E-state index in [0.717, 1.165) is 16.0 Å². The van der Waals surface area contributed by atoms with Gasteiger partial charge in [-0.25, -0.2) is 0 Å². The van der Waals surface area contributed by atoms with Crippen LogP contribution in [0.3, 0.4) is 0 Å². The first-order valence-electron chi connectivity index (χ1n) is 5.71. The molecule has 5 heteroatoms. The maximum atomic E-state index is 5.45. The van der Waals surface area contributed by atoms with E-state index >= 15 is 0 Å². The molecule has 0 saturated carbocycles. The summed E-state index contributed by atoms with van der Waals surface area (Å²) in [7, 11) is 0. The normalized spacial score (nSPS) is 27.2. The molecule has 2 atom stereocenters. The summed E-state index contributed by atoms with van der Waals surface area (Å²) >= 11 is 5.48. The molecule has 1 fully saturated rings. The number of hydrogen-bond acceptors (Lipinski definition) is 4. The van der Waals surface area contributed by atoms with Gasteiger partial charge in [-0.1, -0.05) is 0 Å². The van der Waals surface area contributed by atoms with Crippen LogP contribution in [-0.4, -0.2) is 18.6 Å². The van der Waals surface area contributed by atoms with Crippen molar-refractivity contribution in [1.29, 1.82) is 0 Å². The minimum atomic E-state index is 0.318. The molecule has 1 saturated heterocycles. The van der Waals surface area contributed by atoms with Crippen LogP contribution in [0.2, 0.25) is 0 Å². The van der Waals surface area contributed by atoms with Crippen LogP contribution in [-0.2, 0) is 0 Å². The molecule has 2 heterocycles. The minimum absolute atomic E-state index is 0.318. The largest absolute Gasteiger partial charge is 0.454 e. The standard InChI is InChI=1S/C12H14BrNO2S/c1-7-2-3-17-12(14-7)8-4-9(13)11-10(5-8)15-6-16-11/h4-5,7,12,14H,2-3,6H2,1H3. The van der Waals surface area contributed by atoms with Crippen molar-refractivity contribution in [3.05, 3.63) is 22.2 Å². The van der Waals surface area contributed by atoms with Crippen LogP contribution in [0.1, 0.15) is 24.3 Å². The van der Waals surface area contributed by atoms with Crippen molar-refractivity contribution in [2.24, 2.45) is 0 Å². The molecule has 17 heavy (non-hydrogen) atoms. The molecular formula is C12H14BrNO2S. The summed E-state index contributed by atoms with van der Waals surface area (Å²) in [5.41, 5.74) is 1.25. The molecule has 0 aliphatic carbocycles. The Morgan fingerprint density at radius 1 is 1.41 bits per heavy atom. The molecule has 0 bridgehead atoms. The van der Waals surface area contributed by atoms with Crippen molar-refractivity contribution < 1.29 is 9.47 Å². The predicted octanol–water partition coefficient (Wildman–Crippen LogP) is 3.29. The van der Waals surface area contributed by atoms with E-state index < -0.39 is 0 Å². The van der Waals surface area contributed by atoms with E-state index in [-0.39, 0.29) is 0 Å². The van der Waals surface area contributed by atoms with Crippen molar-refractivity contribution in [3.63, 3.8) is 0 Å². The van der Waals surface area contributed by atoms with Crippen LogP contribution in [0.25, 0.3) is 0 Å². The first-order chi connectivity index (χ1) is 8.24. The summed E-state index contributed by atoms with van der Waals surface area (Å²) in [6.45, 7) is 2.55. The van der Waals surface area contributed by atoms with Gasteiger partial charge < -0.3 is 9.47 Å². The van der Waals surface area contributed by atoms with E-state index in [1.807, 2.05) is 11.8 Å². The summed E-state index contributed by atoms with van der Waals surface area (Å²) in [6, 6.07) is 4.77. The molecule has 3 nitrogen and oxygen atoms in total. The van der Waals surface area contributed by atoms with Gasteiger partial charge in [0.15, 0.2) is 11.5 Å². The van der Waals surface area contributed by atoms with Gasteiger partial charge in [0.05, 0.1) is 9.85 Å². The van der Waals surface area contributed by atoms with E-state index in [1.165, 1.54) is 17.7 Å². The quantitative estimate of drug-likeness (QED) is 0.861. The predicted molar refractivity (Wildman–Crippen MR) is 72.7 cm³/mol. The highest BCUT2D eigenvalue weighted by atomic mass is 79.9. The zero-order valence-electron chi connectivity index (χ0n) is 9.53. The third-order valence-corrected chi connectivity index (χ3v) is 4.83. The van der Waals surface area contributed by atoms with Gasteiger partial charge >= 0.3 is 0 Å². The van der Waals surface area contributed by atoms with Crippen LogP contribution < -0.4 is 14.8 Å². The monoisotopic (exact) mass is 315 g/mol. The summed E-state index contributed by atoms with van der Waals surface area (Å²) < 4.78 is 11.8. The summed E-state index contributed by atoms with van der Waals surface area (Å²) in [5, 5.41) is 3.95. The first-order valence-corrected chi connectivity index (χ1v) is 7.55. The number of hydrogen-bond donors (Lipinski definition) is 1. The second-order valence-corrected chi connectivity index (χ2v) is 6.41. The number of nitrogens with one attached hydrogen (secondary N) is 1. The van der Waals surface area contributed by atoms with Gasteiger partial charge in [0.2, 0.25) is 6.79 Å². The number of fused-ring (bicyclic) bond motifs is 1. The van der Waals surface area contributed by atoms with E-state index in [9.17, 15) is 0 Å². The van der Waals surface area contributed by atoms with Crippen LogP contribution in [0.5, 0.6) is 11.5 Å². The molecule has 0 aromatic heterocycles. The SMILES string of the molecule is CC1CCSC(c2cc(Br)c3c(c2)OCO3)N1. The molecule has 1 aromatic carbocycles. The molecule has 1 aromatic rings. The molecule has 2 unspecified atom stereocenters.